The van der Waals surface area contributed by atoms with E-state index in [9.17, 15) is 24.4 Å². The molecule has 0 radical (unpaired) electrons. The molecule has 0 aliphatic carbocycles. The summed E-state index contributed by atoms with van der Waals surface area (Å²) in [5.74, 6) is -2.32. The normalized spacial score (nSPS) is 21.4. The minimum Gasteiger partial charge on any atom is -0.425 e. The Balaban J connectivity index is 1.64. The zero-order valence-corrected chi connectivity index (χ0v) is 18.1. The topological polar surface area (TPSA) is 174 Å². The lowest BCUT2D eigenvalue weighted by Crippen LogP contribution is -2.70. The van der Waals surface area contributed by atoms with Crippen molar-refractivity contribution in [3.8, 4) is 0 Å². The third-order valence-electron chi connectivity index (χ3n) is 4.28. The molecule has 0 saturated carbocycles. The molecule has 4 N–H and O–H groups in total. The standard InChI is InChI=1S/C17H19N5O7S2/c1-3-10(23)28-7(2)29-16(26)9-4-5-30-15-12(14(25)22(9)15)20-13(24)11(21-27)8-6-31-17(18)19-8/h4,6-7,12,15,27H,3,5H2,1-2H3,(H2,18,19)(H,20,24)/t7?,12?,15-/m1/s1. The molecule has 0 bridgehead atoms. The molecule has 1 aromatic rings. The fourth-order valence-electron chi connectivity index (χ4n) is 2.85. The van der Waals surface area contributed by atoms with Crippen molar-refractivity contribution < 1.29 is 33.9 Å². The molecule has 2 aliphatic heterocycles. The smallest absolute Gasteiger partial charge is 0.357 e. The number of β-lactam (4-membered cyclic amide) rings is 1. The summed E-state index contributed by atoms with van der Waals surface area (Å²) in [6.07, 6.45) is 0.531. The largest absolute Gasteiger partial charge is 0.425 e. The van der Waals surface area contributed by atoms with Crippen LogP contribution in [0.4, 0.5) is 5.13 Å². The number of amides is 2. The second-order valence-electron chi connectivity index (χ2n) is 6.31. The maximum atomic E-state index is 12.6. The van der Waals surface area contributed by atoms with Gasteiger partial charge in [-0.15, -0.1) is 23.1 Å². The molecule has 1 aromatic heterocycles. The van der Waals surface area contributed by atoms with E-state index in [0.29, 0.717) is 5.75 Å². The zero-order valence-electron chi connectivity index (χ0n) is 16.4. The Hall–Kier alpha value is -3.13. The highest BCUT2D eigenvalue weighted by molar-refractivity contribution is 8.00. The number of hydrogen-bond acceptors (Lipinski definition) is 12. The average molecular weight is 470 g/mol. The van der Waals surface area contributed by atoms with E-state index in [2.05, 4.69) is 15.5 Å². The molecule has 2 amide bonds. The summed E-state index contributed by atoms with van der Waals surface area (Å²) >= 11 is 2.39. The van der Waals surface area contributed by atoms with Gasteiger partial charge in [0.05, 0.1) is 0 Å². The van der Waals surface area contributed by atoms with Crippen molar-refractivity contribution in [2.45, 2.75) is 38.0 Å². The van der Waals surface area contributed by atoms with Gasteiger partial charge in [-0.2, -0.15) is 0 Å². The minimum atomic E-state index is -1.12. The Bertz CT molecular complexity index is 976. The van der Waals surface area contributed by atoms with Gasteiger partial charge in [0.15, 0.2) is 10.8 Å². The molecule has 12 nitrogen and oxygen atoms in total. The average Bonchev–Trinajstić information content (AvgIpc) is 3.17. The highest BCUT2D eigenvalue weighted by Crippen LogP contribution is 2.38. The number of carbonyl (C=O) groups excluding carboxylic acids is 4. The van der Waals surface area contributed by atoms with Crippen molar-refractivity contribution in [2.24, 2.45) is 5.16 Å². The predicted molar refractivity (Wildman–Crippen MR) is 110 cm³/mol. The Kier molecular flexibility index (Phi) is 6.80. The molecular weight excluding hydrogens is 450 g/mol. The summed E-state index contributed by atoms with van der Waals surface area (Å²) in [5.41, 5.74) is 5.22. The third kappa shape index (κ3) is 4.64. The number of aromatic nitrogens is 1. The summed E-state index contributed by atoms with van der Waals surface area (Å²) in [6, 6.07) is -0.947. The lowest BCUT2D eigenvalue weighted by Gasteiger charge is -2.48. The van der Waals surface area contributed by atoms with Gasteiger partial charge in [0.2, 0.25) is 6.29 Å². The second-order valence-corrected chi connectivity index (χ2v) is 8.35. The molecule has 1 fully saturated rings. The number of nitrogens with two attached hydrogens (primary N) is 1. The van der Waals surface area contributed by atoms with E-state index in [0.717, 1.165) is 11.3 Å². The summed E-state index contributed by atoms with van der Waals surface area (Å²) in [7, 11) is 0. The molecule has 2 unspecified atom stereocenters. The van der Waals surface area contributed by atoms with Crippen LogP contribution < -0.4 is 11.1 Å². The van der Waals surface area contributed by atoms with E-state index in [1.807, 2.05) is 0 Å². The predicted octanol–water partition coefficient (Wildman–Crippen LogP) is 0.0298. The van der Waals surface area contributed by atoms with Crippen molar-refractivity contribution in [2.75, 3.05) is 11.5 Å². The van der Waals surface area contributed by atoms with E-state index < -0.39 is 41.5 Å². The molecule has 3 heterocycles. The fourth-order valence-corrected chi connectivity index (χ4v) is 4.59. The van der Waals surface area contributed by atoms with Crippen LogP contribution in [-0.4, -0.2) is 68.0 Å². The van der Waals surface area contributed by atoms with Crippen molar-refractivity contribution in [3.05, 3.63) is 22.8 Å². The number of hydrogen-bond donors (Lipinski definition) is 3. The Morgan fingerprint density at radius 2 is 2.19 bits per heavy atom. The van der Waals surface area contributed by atoms with Gasteiger partial charge in [-0.05, 0) is 6.08 Å². The quantitative estimate of drug-likeness (QED) is 0.123. The van der Waals surface area contributed by atoms with Gasteiger partial charge in [0.25, 0.3) is 11.8 Å². The van der Waals surface area contributed by atoms with Crippen LogP contribution in [-0.2, 0) is 28.7 Å². The third-order valence-corrected chi connectivity index (χ3v) is 6.14. The summed E-state index contributed by atoms with van der Waals surface area (Å²) in [4.78, 5) is 54.0. The minimum absolute atomic E-state index is 0.00182. The van der Waals surface area contributed by atoms with E-state index >= 15 is 0 Å². The van der Waals surface area contributed by atoms with E-state index in [1.54, 1.807) is 6.92 Å². The molecular formula is C17H19N5O7S2. The lowest BCUT2D eigenvalue weighted by molar-refractivity contribution is -0.183. The van der Waals surface area contributed by atoms with Gasteiger partial charge in [0.1, 0.15) is 22.8 Å². The van der Waals surface area contributed by atoms with Crippen LogP contribution in [0.2, 0.25) is 0 Å². The van der Waals surface area contributed by atoms with Crippen LogP contribution in [0.5, 0.6) is 0 Å². The molecule has 3 rings (SSSR count). The number of esters is 2. The molecule has 3 atom stereocenters. The second kappa shape index (κ2) is 9.34. The van der Waals surface area contributed by atoms with E-state index in [4.69, 9.17) is 15.2 Å². The van der Waals surface area contributed by atoms with Crippen molar-refractivity contribution in [1.82, 2.24) is 15.2 Å². The molecule has 166 valence electrons. The Morgan fingerprint density at radius 3 is 2.81 bits per heavy atom. The molecule has 31 heavy (non-hydrogen) atoms. The first kappa shape index (κ1) is 22.6. The first-order valence-electron chi connectivity index (χ1n) is 9.06. The number of carbonyl (C=O) groups is 4. The molecule has 1 saturated heterocycles. The van der Waals surface area contributed by atoms with Gasteiger partial charge in [-0.1, -0.05) is 12.1 Å². The number of ether oxygens (including phenoxy) is 2. The van der Waals surface area contributed by atoms with Crippen LogP contribution in [0, 0.1) is 0 Å². The highest BCUT2D eigenvalue weighted by atomic mass is 32.2. The first-order valence-corrected chi connectivity index (χ1v) is 11.0. The van der Waals surface area contributed by atoms with Crippen LogP contribution in [0.15, 0.2) is 22.3 Å². The summed E-state index contributed by atoms with van der Waals surface area (Å²) in [6.45, 7) is 2.99. The number of nitrogens with one attached hydrogen (secondary N) is 1. The van der Waals surface area contributed by atoms with E-state index in [-0.39, 0.29) is 28.7 Å². The number of thioether (sulfide) groups is 1. The number of fused-ring (bicyclic) bond motifs is 1. The summed E-state index contributed by atoms with van der Waals surface area (Å²) in [5, 5.41) is 15.7. The summed E-state index contributed by atoms with van der Waals surface area (Å²) < 4.78 is 9.98. The fraction of sp³-hybridized carbons (Fsp3) is 0.412. The number of nitrogen functional groups attached to an aromatic ring is 1. The van der Waals surface area contributed by atoms with Gasteiger partial charge >= 0.3 is 11.9 Å². The van der Waals surface area contributed by atoms with Crippen molar-refractivity contribution >= 4 is 57.7 Å². The molecule has 14 heteroatoms. The molecule has 0 aromatic carbocycles. The van der Waals surface area contributed by atoms with Gasteiger partial charge < -0.3 is 25.7 Å². The highest BCUT2D eigenvalue weighted by Gasteiger charge is 2.53. The first-order chi connectivity index (χ1) is 14.8. The van der Waals surface area contributed by atoms with E-state index in [1.165, 1.54) is 35.0 Å². The van der Waals surface area contributed by atoms with Crippen LogP contribution in [0.25, 0.3) is 0 Å². The maximum Gasteiger partial charge on any atom is 0.357 e. The Labute approximate surface area is 184 Å². The maximum absolute atomic E-state index is 12.6. The van der Waals surface area contributed by atoms with Crippen molar-refractivity contribution in [3.63, 3.8) is 0 Å². The number of nitrogens with zero attached hydrogens (tertiary/aromatic N) is 3. The van der Waals surface area contributed by atoms with Gasteiger partial charge in [0, 0.05) is 24.5 Å². The van der Waals surface area contributed by atoms with Gasteiger partial charge in [-0.25, -0.2) is 9.78 Å². The zero-order chi connectivity index (χ0) is 22.7. The molecule has 0 spiro atoms. The SMILES string of the molecule is CCC(=O)OC(C)OC(=O)C1=CCS[C@@H]2C(NC(=O)C(=NO)c3csc(N)n3)C(=O)N12. The van der Waals surface area contributed by atoms with Crippen LogP contribution in [0.1, 0.15) is 26.0 Å². The number of anilines is 1. The Morgan fingerprint density at radius 1 is 1.45 bits per heavy atom. The molecule has 2 aliphatic rings. The van der Waals surface area contributed by atoms with Gasteiger partial charge in [-0.3, -0.25) is 19.3 Å². The van der Waals surface area contributed by atoms with Crippen LogP contribution >= 0.6 is 23.1 Å². The van der Waals surface area contributed by atoms with Crippen molar-refractivity contribution in [1.29, 1.82) is 0 Å². The number of thiazole rings is 1. The number of rotatable bonds is 7. The monoisotopic (exact) mass is 469 g/mol. The number of oxime groups is 1. The lowest BCUT2D eigenvalue weighted by atomic mass is 10.0. The van der Waals surface area contributed by atoms with Crippen LogP contribution in [0.3, 0.4) is 0 Å².